The number of rotatable bonds is 4. The van der Waals surface area contributed by atoms with Crippen molar-refractivity contribution in [2.45, 2.75) is 0 Å². The number of nitro benzene ring substituents is 1. The van der Waals surface area contributed by atoms with Gasteiger partial charge < -0.3 is 9.73 Å². The Morgan fingerprint density at radius 3 is 2.60 bits per heavy atom. The van der Waals surface area contributed by atoms with E-state index < -0.39 is 16.9 Å². The standard InChI is InChI=1S/C20H11Cl2N3O5/c21-12-2-1-3-13(9-12)24-19(26)16(23-20(24)27)10-14-5-7-18(30-14)11-4-6-15(22)17(8-11)25(28)29/h1-10H,(H,23,27)/b16-10-. The van der Waals surface area contributed by atoms with Crippen LogP contribution in [0.5, 0.6) is 0 Å². The predicted octanol–water partition coefficient (Wildman–Crippen LogP) is 5.26. The molecule has 2 aromatic carbocycles. The van der Waals surface area contributed by atoms with Crippen molar-refractivity contribution in [2.24, 2.45) is 0 Å². The number of nitrogens with zero attached hydrogens (tertiary/aromatic N) is 2. The maximum Gasteiger partial charge on any atom is 0.333 e. The molecule has 3 amide bonds. The fraction of sp³-hybridized carbons (Fsp3) is 0. The lowest BCUT2D eigenvalue weighted by molar-refractivity contribution is -0.384. The minimum absolute atomic E-state index is 0.0121. The lowest BCUT2D eigenvalue weighted by Crippen LogP contribution is -2.30. The molecule has 3 aromatic rings. The van der Waals surface area contributed by atoms with E-state index in [0.717, 1.165) is 4.90 Å². The minimum Gasteiger partial charge on any atom is -0.457 e. The van der Waals surface area contributed by atoms with Crippen molar-refractivity contribution in [3.63, 3.8) is 0 Å². The van der Waals surface area contributed by atoms with E-state index in [2.05, 4.69) is 5.32 Å². The van der Waals surface area contributed by atoms with Crippen molar-refractivity contribution in [2.75, 3.05) is 4.90 Å². The topological polar surface area (TPSA) is 106 Å². The van der Waals surface area contributed by atoms with Gasteiger partial charge >= 0.3 is 6.03 Å². The quantitative estimate of drug-likeness (QED) is 0.256. The summed E-state index contributed by atoms with van der Waals surface area (Å²) in [5.41, 5.74) is 0.545. The van der Waals surface area contributed by atoms with Gasteiger partial charge in [-0.1, -0.05) is 29.3 Å². The average Bonchev–Trinajstić information content (AvgIpc) is 3.26. The number of carbonyl (C=O) groups is 2. The summed E-state index contributed by atoms with van der Waals surface area (Å²) in [6.07, 6.45) is 1.37. The Morgan fingerprint density at radius 1 is 1.07 bits per heavy atom. The summed E-state index contributed by atoms with van der Waals surface area (Å²) >= 11 is 11.8. The SMILES string of the molecule is O=C1N/C(=C\c2ccc(-c3ccc(Cl)c([N+](=O)[O-])c3)o2)C(=O)N1c1cccc(Cl)c1. The van der Waals surface area contributed by atoms with Gasteiger partial charge in [-0.05, 0) is 42.5 Å². The summed E-state index contributed by atoms with van der Waals surface area (Å²) in [7, 11) is 0. The van der Waals surface area contributed by atoms with Gasteiger partial charge in [-0.25, -0.2) is 9.69 Å². The first-order valence-electron chi connectivity index (χ1n) is 8.50. The molecule has 0 atom stereocenters. The van der Waals surface area contributed by atoms with E-state index in [-0.39, 0.29) is 22.2 Å². The fourth-order valence-electron chi connectivity index (χ4n) is 2.92. The van der Waals surface area contributed by atoms with Crippen molar-refractivity contribution >= 4 is 52.6 Å². The van der Waals surface area contributed by atoms with Crippen LogP contribution < -0.4 is 10.2 Å². The molecular formula is C20H11Cl2N3O5. The van der Waals surface area contributed by atoms with Crippen LogP contribution in [0, 0.1) is 10.1 Å². The number of halogens is 2. The van der Waals surface area contributed by atoms with Gasteiger partial charge in [-0.2, -0.15) is 0 Å². The van der Waals surface area contributed by atoms with Crippen LogP contribution in [-0.4, -0.2) is 16.9 Å². The normalized spacial score (nSPS) is 15.0. The number of hydrogen-bond donors (Lipinski definition) is 1. The molecule has 2 heterocycles. The molecule has 0 saturated carbocycles. The zero-order chi connectivity index (χ0) is 21.4. The Hall–Kier alpha value is -3.62. The molecule has 0 spiro atoms. The molecule has 30 heavy (non-hydrogen) atoms. The highest BCUT2D eigenvalue weighted by Gasteiger charge is 2.35. The lowest BCUT2D eigenvalue weighted by Gasteiger charge is -2.11. The van der Waals surface area contributed by atoms with Crippen molar-refractivity contribution < 1.29 is 18.9 Å². The number of urea groups is 1. The summed E-state index contributed by atoms with van der Waals surface area (Å²) in [6, 6.07) is 13.2. The molecule has 1 fully saturated rings. The second-order valence-corrected chi connectivity index (χ2v) is 7.08. The zero-order valence-corrected chi connectivity index (χ0v) is 16.5. The van der Waals surface area contributed by atoms with Gasteiger partial charge in [0.25, 0.3) is 11.6 Å². The van der Waals surface area contributed by atoms with Gasteiger partial charge in [0, 0.05) is 22.7 Å². The van der Waals surface area contributed by atoms with E-state index in [4.69, 9.17) is 27.6 Å². The fourth-order valence-corrected chi connectivity index (χ4v) is 3.29. The molecule has 1 saturated heterocycles. The first-order chi connectivity index (χ1) is 14.3. The number of nitrogens with one attached hydrogen (secondary N) is 1. The van der Waals surface area contributed by atoms with Gasteiger partial charge in [-0.3, -0.25) is 14.9 Å². The molecule has 10 heteroatoms. The van der Waals surface area contributed by atoms with Crippen molar-refractivity contribution in [3.8, 4) is 11.3 Å². The van der Waals surface area contributed by atoms with E-state index in [0.29, 0.717) is 22.0 Å². The largest absolute Gasteiger partial charge is 0.457 e. The summed E-state index contributed by atoms with van der Waals surface area (Å²) < 4.78 is 5.66. The molecule has 0 aliphatic carbocycles. The summed E-state index contributed by atoms with van der Waals surface area (Å²) in [6.45, 7) is 0. The molecule has 8 nitrogen and oxygen atoms in total. The smallest absolute Gasteiger partial charge is 0.333 e. The lowest BCUT2D eigenvalue weighted by atomic mass is 10.1. The van der Waals surface area contributed by atoms with Gasteiger partial charge in [0.2, 0.25) is 0 Å². The Bertz CT molecular complexity index is 1230. The van der Waals surface area contributed by atoms with Gasteiger partial charge in [0.15, 0.2) is 0 Å². The molecule has 1 aliphatic heterocycles. The van der Waals surface area contributed by atoms with Crippen LogP contribution >= 0.6 is 23.2 Å². The number of anilines is 1. The van der Waals surface area contributed by atoms with E-state index in [9.17, 15) is 19.7 Å². The second kappa shape index (κ2) is 7.66. The van der Waals surface area contributed by atoms with Crippen LogP contribution in [0.25, 0.3) is 17.4 Å². The summed E-state index contributed by atoms with van der Waals surface area (Å²) in [5, 5.41) is 14.0. The van der Waals surface area contributed by atoms with Crippen LogP contribution in [0.3, 0.4) is 0 Å². The molecule has 1 aliphatic rings. The zero-order valence-electron chi connectivity index (χ0n) is 15.0. The highest BCUT2D eigenvalue weighted by atomic mass is 35.5. The number of furan rings is 1. The van der Waals surface area contributed by atoms with E-state index in [1.54, 1.807) is 36.4 Å². The Kier molecular flexibility index (Phi) is 5.03. The highest BCUT2D eigenvalue weighted by molar-refractivity contribution is 6.33. The Balaban J connectivity index is 1.62. The third kappa shape index (κ3) is 3.66. The number of carbonyl (C=O) groups excluding carboxylic acids is 2. The van der Waals surface area contributed by atoms with Crippen LogP contribution in [-0.2, 0) is 4.79 Å². The van der Waals surface area contributed by atoms with Crippen molar-refractivity contribution in [3.05, 3.63) is 86.2 Å². The van der Waals surface area contributed by atoms with Gasteiger partial charge in [0.1, 0.15) is 22.2 Å². The second-order valence-electron chi connectivity index (χ2n) is 6.23. The number of amides is 3. The molecule has 150 valence electrons. The molecule has 1 N–H and O–H groups in total. The van der Waals surface area contributed by atoms with Crippen molar-refractivity contribution in [1.82, 2.24) is 5.32 Å². The van der Waals surface area contributed by atoms with Crippen LogP contribution in [0.2, 0.25) is 10.0 Å². The number of hydrogen-bond acceptors (Lipinski definition) is 5. The van der Waals surface area contributed by atoms with Gasteiger partial charge in [0.05, 0.1) is 10.6 Å². The molecular weight excluding hydrogens is 433 g/mol. The van der Waals surface area contributed by atoms with Crippen LogP contribution in [0.15, 0.2) is 64.7 Å². The van der Waals surface area contributed by atoms with Gasteiger partial charge in [-0.15, -0.1) is 0 Å². The average molecular weight is 444 g/mol. The van der Waals surface area contributed by atoms with Crippen LogP contribution in [0.4, 0.5) is 16.2 Å². The molecule has 1 aromatic heterocycles. The Labute approximate surface area is 179 Å². The van der Waals surface area contributed by atoms with E-state index in [1.165, 1.54) is 24.3 Å². The first kappa shape index (κ1) is 19.7. The number of benzene rings is 2. The molecule has 0 radical (unpaired) electrons. The summed E-state index contributed by atoms with van der Waals surface area (Å²) in [4.78, 5) is 36.4. The molecule has 0 unspecified atom stereocenters. The highest BCUT2D eigenvalue weighted by Crippen LogP contribution is 2.32. The number of nitro groups is 1. The third-order valence-electron chi connectivity index (χ3n) is 4.29. The monoisotopic (exact) mass is 443 g/mol. The third-order valence-corrected chi connectivity index (χ3v) is 4.84. The van der Waals surface area contributed by atoms with Crippen molar-refractivity contribution in [1.29, 1.82) is 0 Å². The first-order valence-corrected chi connectivity index (χ1v) is 9.26. The van der Waals surface area contributed by atoms with E-state index in [1.807, 2.05) is 0 Å². The maximum atomic E-state index is 12.7. The van der Waals surface area contributed by atoms with E-state index >= 15 is 0 Å². The molecule has 0 bridgehead atoms. The minimum atomic E-state index is -0.617. The van der Waals surface area contributed by atoms with Crippen LogP contribution in [0.1, 0.15) is 5.76 Å². The maximum absolute atomic E-state index is 12.7. The number of imide groups is 1. The summed E-state index contributed by atoms with van der Waals surface area (Å²) in [5.74, 6) is 0.0478. The Morgan fingerprint density at radius 2 is 1.87 bits per heavy atom. The predicted molar refractivity (Wildman–Crippen MR) is 111 cm³/mol. The molecule has 4 rings (SSSR count).